The first kappa shape index (κ1) is 29.1. The van der Waals surface area contributed by atoms with Gasteiger partial charge in [0.15, 0.2) is 0 Å². The molecule has 1 aliphatic rings. The topological polar surface area (TPSA) is 49.4 Å². The number of amides is 2. The van der Waals surface area contributed by atoms with Gasteiger partial charge in [0, 0.05) is 29.9 Å². The van der Waals surface area contributed by atoms with Gasteiger partial charge in [-0.2, -0.15) is 0 Å². The lowest BCUT2D eigenvalue weighted by Gasteiger charge is -2.33. The van der Waals surface area contributed by atoms with Gasteiger partial charge in [0.2, 0.25) is 11.8 Å². The van der Waals surface area contributed by atoms with Crippen LogP contribution in [0.25, 0.3) is 0 Å². The monoisotopic (exact) mass is 588 g/mol. The summed E-state index contributed by atoms with van der Waals surface area (Å²) in [5.74, 6) is 0.437. The summed E-state index contributed by atoms with van der Waals surface area (Å²) in [4.78, 5) is 29.6. The molecule has 0 saturated heterocycles. The van der Waals surface area contributed by atoms with E-state index in [1.807, 2.05) is 59.5 Å². The quantitative estimate of drug-likeness (QED) is 0.251. The average Bonchev–Trinajstić information content (AvgIpc) is 2.96. The van der Waals surface area contributed by atoms with Crippen LogP contribution in [0.5, 0.6) is 0 Å². The molecule has 0 spiro atoms. The minimum atomic E-state index is -0.575. The molecule has 5 heteroatoms. The molecule has 4 nitrogen and oxygen atoms in total. The molecule has 1 aliphatic carbocycles. The van der Waals surface area contributed by atoms with Crippen LogP contribution in [0.1, 0.15) is 80.5 Å². The smallest absolute Gasteiger partial charge is 0.243 e. The highest BCUT2D eigenvalue weighted by atomic mass is 79.9. The summed E-state index contributed by atoms with van der Waals surface area (Å²) in [5.41, 5.74) is 4.50. The first-order valence-electron chi connectivity index (χ1n) is 14.4. The van der Waals surface area contributed by atoms with Gasteiger partial charge in [-0.05, 0) is 59.6 Å². The van der Waals surface area contributed by atoms with Crippen LogP contribution in [-0.2, 0) is 29.0 Å². The molecule has 1 atom stereocenters. The second-order valence-corrected chi connectivity index (χ2v) is 12.0. The van der Waals surface area contributed by atoms with E-state index < -0.39 is 6.04 Å². The molecule has 0 aliphatic heterocycles. The number of nitrogens with one attached hydrogen (secondary N) is 1. The molecule has 3 aromatic carbocycles. The van der Waals surface area contributed by atoms with Crippen LogP contribution >= 0.6 is 15.9 Å². The van der Waals surface area contributed by atoms with Crippen LogP contribution in [-0.4, -0.2) is 28.8 Å². The highest BCUT2D eigenvalue weighted by Gasteiger charge is 2.31. The van der Waals surface area contributed by atoms with Gasteiger partial charge in [-0.25, -0.2) is 0 Å². The third kappa shape index (κ3) is 8.79. The first-order chi connectivity index (χ1) is 18.9. The van der Waals surface area contributed by atoms with Gasteiger partial charge in [0.1, 0.15) is 6.04 Å². The van der Waals surface area contributed by atoms with Crippen molar-refractivity contribution in [1.82, 2.24) is 10.2 Å². The fourth-order valence-corrected chi connectivity index (χ4v) is 5.61. The number of halogens is 1. The Balaban J connectivity index is 1.58. The highest BCUT2D eigenvalue weighted by Crippen LogP contribution is 2.22. The zero-order valence-corrected chi connectivity index (χ0v) is 24.8. The Morgan fingerprint density at radius 2 is 1.49 bits per heavy atom. The molecule has 1 saturated carbocycles. The lowest BCUT2D eigenvalue weighted by molar-refractivity contribution is -0.141. The molecule has 0 radical (unpaired) electrons. The van der Waals surface area contributed by atoms with Gasteiger partial charge in [-0.1, -0.05) is 116 Å². The van der Waals surface area contributed by atoms with E-state index in [-0.39, 0.29) is 17.9 Å². The van der Waals surface area contributed by atoms with Crippen LogP contribution in [0.2, 0.25) is 0 Å². The van der Waals surface area contributed by atoms with Gasteiger partial charge < -0.3 is 10.2 Å². The molecule has 206 valence electrons. The number of benzene rings is 3. The molecule has 3 aromatic rings. The van der Waals surface area contributed by atoms with Gasteiger partial charge in [-0.3, -0.25) is 9.59 Å². The van der Waals surface area contributed by atoms with Gasteiger partial charge >= 0.3 is 0 Å². The minimum absolute atomic E-state index is 0.00517. The predicted molar refractivity (Wildman–Crippen MR) is 162 cm³/mol. The molecular weight excluding hydrogens is 548 g/mol. The summed E-state index contributed by atoms with van der Waals surface area (Å²) >= 11 is 3.51. The van der Waals surface area contributed by atoms with E-state index in [0.29, 0.717) is 31.7 Å². The maximum absolute atomic E-state index is 13.9. The van der Waals surface area contributed by atoms with Crippen LogP contribution in [0, 0.1) is 0 Å². The Kier molecular flexibility index (Phi) is 10.8. The van der Waals surface area contributed by atoms with E-state index in [0.717, 1.165) is 46.8 Å². The van der Waals surface area contributed by atoms with Crippen molar-refractivity contribution in [2.24, 2.45) is 0 Å². The fourth-order valence-electron chi connectivity index (χ4n) is 5.35. The highest BCUT2D eigenvalue weighted by molar-refractivity contribution is 9.10. The molecule has 39 heavy (non-hydrogen) atoms. The second-order valence-electron chi connectivity index (χ2n) is 11.1. The summed E-state index contributed by atoms with van der Waals surface area (Å²) < 4.78 is 0.991. The Bertz CT molecular complexity index is 1190. The standard InChI is InChI=1S/C34H41BrN2O2/c1-25(2)29-18-13-26(14-19-29)17-22-33(38)37(24-28-15-20-30(35)21-16-28)32(23-27-9-5-3-6-10-27)34(39)36-31-11-7-4-8-12-31/h3,5-6,9-10,13-16,18-21,25,31-32H,4,7-8,11-12,17,22-24H2,1-2H3,(H,36,39)/t32-/m0/s1. The van der Waals surface area contributed by atoms with E-state index >= 15 is 0 Å². The Labute approximate surface area is 242 Å². The Morgan fingerprint density at radius 1 is 0.846 bits per heavy atom. The molecule has 0 bridgehead atoms. The molecule has 1 fully saturated rings. The van der Waals surface area contributed by atoms with E-state index in [2.05, 4.69) is 59.4 Å². The van der Waals surface area contributed by atoms with Crippen molar-refractivity contribution >= 4 is 27.7 Å². The van der Waals surface area contributed by atoms with Crippen molar-refractivity contribution < 1.29 is 9.59 Å². The SMILES string of the molecule is CC(C)c1ccc(CCC(=O)N(Cc2ccc(Br)cc2)[C@@H](Cc2ccccc2)C(=O)NC2CCCCC2)cc1. The molecule has 0 unspecified atom stereocenters. The van der Waals surface area contributed by atoms with E-state index in [1.165, 1.54) is 12.0 Å². The molecule has 2 amide bonds. The second kappa shape index (κ2) is 14.5. The van der Waals surface area contributed by atoms with Crippen LogP contribution < -0.4 is 5.32 Å². The van der Waals surface area contributed by atoms with Crippen LogP contribution in [0.4, 0.5) is 0 Å². The van der Waals surface area contributed by atoms with Crippen LogP contribution in [0.3, 0.4) is 0 Å². The number of carbonyl (C=O) groups excluding carboxylic acids is 2. The van der Waals surface area contributed by atoms with Crippen molar-refractivity contribution in [3.63, 3.8) is 0 Å². The lowest BCUT2D eigenvalue weighted by atomic mass is 9.94. The molecule has 4 rings (SSSR count). The number of hydrogen-bond donors (Lipinski definition) is 1. The van der Waals surface area contributed by atoms with E-state index in [9.17, 15) is 9.59 Å². The number of carbonyl (C=O) groups is 2. The maximum atomic E-state index is 13.9. The largest absolute Gasteiger partial charge is 0.352 e. The predicted octanol–water partition coefficient (Wildman–Crippen LogP) is 7.59. The molecule has 0 heterocycles. The van der Waals surface area contributed by atoms with Crippen molar-refractivity contribution in [2.45, 2.75) is 89.8 Å². The number of aryl methyl sites for hydroxylation is 1. The van der Waals surface area contributed by atoms with Crippen molar-refractivity contribution in [3.05, 3.63) is 106 Å². The van der Waals surface area contributed by atoms with Gasteiger partial charge in [-0.15, -0.1) is 0 Å². The normalized spacial score (nSPS) is 14.7. The maximum Gasteiger partial charge on any atom is 0.243 e. The first-order valence-corrected chi connectivity index (χ1v) is 15.2. The zero-order valence-electron chi connectivity index (χ0n) is 23.2. The summed E-state index contributed by atoms with van der Waals surface area (Å²) in [6, 6.07) is 26.2. The molecular formula is C34H41BrN2O2. The summed E-state index contributed by atoms with van der Waals surface area (Å²) in [6.07, 6.45) is 7.04. The fraction of sp³-hybridized carbons (Fsp3) is 0.412. The van der Waals surface area contributed by atoms with Gasteiger partial charge in [0.05, 0.1) is 0 Å². The van der Waals surface area contributed by atoms with Crippen molar-refractivity contribution in [2.75, 3.05) is 0 Å². The van der Waals surface area contributed by atoms with Gasteiger partial charge in [0.25, 0.3) is 0 Å². The number of hydrogen-bond acceptors (Lipinski definition) is 2. The average molecular weight is 590 g/mol. The Hall–Kier alpha value is -2.92. The zero-order chi connectivity index (χ0) is 27.6. The molecule has 0 aromatic heterocycles. The summed E-state index contributed by atoms with van der Waals surface area (Å²) in [7, 11) is 0. The minimum Gasteiger partial charge on any atom is -0.352 e. The summed E-state index contributed by atoms with van der Waals surface area (Å²) in [6.45, 7) is 4.77. The number of rotatable bonds is 11. The number of nitrogens with zero attached hydrogens (tertiary/aromatic N) is 1. The summed E-state index contributed by atoms with van der Waals surface area (Å²) in [5, 5.41) is 3.32. The van der Waals surface area contributed by atoms with E-state index in [4.69, 9.17) is 0 Å². The lowest BCUT2D eigenvalue weighted by Crippen LogP contribution is -2.52. The van der Waals surface area contributed by atoms with Crippen LogP contribution in [0.15, 0.2) is 83.3 Å². The third-order valence-electron chi connectivity index (χ3n) is 7.76. The molecule has 1 N–H and O–H groups in total. The van der Waals surface area contributed by atoms with Crippen molar-refractivity contribution in [1.29, 1.82) is 0 Å². The van der Waals surface area contributed by atoms with Crippen molar-refractivity contribution in [3.8, 4) is 0 Å². The third-order valence-corrected chi connectivity index (χ3v) is 8.29. The Morgan fingerprint density at radius 3 is 2.13 bits per heavy atom. The van der Waals surface area contributed by atoms with E-state index in [1.54, 1.807) is 0 Å².